The van der Waals surface area contributed by atoms with E-state index in [1.807, 2.05) is 24.3 Å². The SMILES string of the molecule is CCCC(C)c1cc(O)cc(C(C)CCC)c1-c1c(C(C)CCC)cc(O)cc1C(C)CCC. The van der Waals surface area contributed by atoms with Gasteiger partial charge in [-0.1, -0.05) is 81.1 Å². The second-order valence-corrected chi connectivity index (χ2v) is 10.8. The van der Waals surface area contributed by atoms with Crippen LogP contribution in [0.15, 0.2) is 24.3 Å². The molecule has 0 saturated carbocycles. The number of aromatic hydroxyl groups is 2. The van der Waals surface area contributed by atoms with Gasteiger partial charge in [0.25, 0.3) is 0 Å². The van der Waals surface area contributed by atoms with Crippen LogP contribution in [0, 0.1) is 0 Å². The maximum Gasteiger partial charge on any atom is 0.116 e. The van der Waals surface area contributed by atoms with Crippen LogP contribution in [-0.4, -0.2) is 10.2 Å². The minimum absolute atomic E-state index is 0.358. The van der Waals surface area contributed by atoms with Crippen LogP contribution in [0.3, 0.4) is 0 Å². The van der Waals surface area contributed by atoms with Crippen LogP contribution in [0.4, 0.5) is 0 Å². The molecule has 0 aliphatic rings. The Morgan fingerprint density at radius 3 is 0.853 bits per heavy atom. The molecular weight excluding hydrogens is 416 g/mol. The number of benzene rings is 2. The van der Waals surface area contributed by atoms with E-state index in [-0.39, 0.29) is 0 Å². The van der Waals surface area contributed by atoms with Gasteiger partial charge in [0.15, 0.2) is 0 Å². The molecule has 2 nitrogen and oxygen atoms in total. The first kappa shape index (κ1) is 28.3. The third kappa shape index (κ3) is 6.58. The standard InChI is InChI=1S/C32H50O2/c1-9-13-21(5)27-17-25(33)18-28(22(6)14-10-2)31(27)32-29(23(7)15-11-3)19-26(34)20-30(32)24(8)16-12-4/h17-24,33-34H,9-16H2,1-8H3. The van der Waals surface area contributed by atoms with E-state index in [2.05, 4.69) is 55.4 Å². The Balaban J connectivity index is 3.04. The summed E-state index contributed by atoms with van der Waals surface area (Å²) in [5, 5.41) is 21.7. The van der Waals surface area contributed by atoms with E-state index in [0.29, 0.717) is 35.2 Å². The topological polar surface area (TPSA) is 40.5 Å². The van der Waals surface area contributed by atoms with Crippen molar-refractivity contribution in [1.82, 2.24) is 0 Å². The molecule has 4 unspecified atom stereocenters. The Morgan fingerprint density at radius 2 is 0.676 bits per heavy atom. The molecule has 0 bridgehead atoms. The van der Waals surface area contributed by atoms with Crippen LogP contribution in [0.5, 0.6) is 11.5 Å². The zero-order valence-electron chi connectivity index (χ0n) is 23.2. The van der Waals surface area contributed by atoms with Gasteiger partial charge < -0.3 is 10.2 Å². The van der Waals surface area contributed by atoms with Crippen molar-refractivity contribution >= 4 is 0 Å². The summed E-state index contributed by atoms with van der Waals surface area (Å²) in [5.74, 6) is 2.19. The van der Waals surface area contributed by atoms with Crippen molar-refractivity contribution in [1.29, 1.82) is 0 Å². The third-order valence-electron chi connectivity index (χ3n) is 7.63. The molecule has 0 saturated heterocycles. The predicted molar refractivity (Wildman–Crippen MR) is 148 cm³/mol. The van der Waals surface area contributed by atoms with E-state index in [0.717, 1.165) is 51.4 Å². The predicted octanol–water partition coefficient (Wildman–Crippen LogP) is 10.4. The minimum atomic E-state index is 0.358. The average molecular weight is 467 g/mol. The molecule has 0 spiro atoms. The Morgan fingerprint density at radius 1 is 0.471 bits per heavy atom. The summed E-state index contributed by atoms with van der Waals surface area (Å²) < 4.78 is 0. The number of hydrogen-bond acceptors (Lipinski definition) is 2. The van der Waals surface area contributed by atoms with E-state index in [1.165, 1.54) is 33.4 Å². The number of phenols is 2. The molecule has 0 aliphatic carbocycles. The highest BCUT2D eigenvalue weighted by atomic mass is 16.3. The normalized spacial score (nSPS) is 15.2. The molecule has 0 aliphatic heterocycles. The summed E-state index contributed by atoms with van der Waals surface area (Å²) in [5.41, 5.74) is 7.72. The molecule has 2 aromatic carbocycles. The van der Waals surface area contributed by atoms with Crippen molar-refractivity contribution in [3.8, 4) is 22.6 Å². The summed E-state index contributed by atoms with van der Waals surface area (Å²) in [6, 6.07) is 8.08. The largest absolute Gasteiger partial charge is 0.508 e. The van der Waals surface area contributed by atoms with Gasteiger partial charge in [0, 0.05) is 0 Å². The molecule has 190 valence electrons. The molecule has 0 aromatic heterocycles. The highest BCUT2D eigenvalue weighted by molar-refractivity contribution is 5.80. The third-order valence-corrected chi connectivity index (χ3v) is 7.63. The highest BCUT2D eigenvalue weighted by Crippen LogP contribution is 2.48. The molecule has 2 N–H and O–H groups in total. The second kappa shape index (κ2) is 13.2. The van der Waals surface area contributed by atoms with Crippen LogP contribution >= 0.6 is 0 Å². The molecule has 2 aromatic rings. The summed E-state index contributed by atoms with van der Waals surface area (Å²) in [6.07, 6.45) is 8.83. The fourth-order valence-electron chi connectivity index (χ4n) is 5.83. The maximum absolute atomic E-state index is 10.8. The monoisotopic (exact) mass is 466 g/mol. The van der Waals surface area contributed by atoms with Crippen LogP contribution in [0.1, 0.15) is 153 Å². The molecule has 0 radical (unpaired) electrons. The lowest BCUT2D eigenvalue weighted by Gasteiger charge is -2.30. The summed E-state index contributed by atoms with van der Waals surface area (Å²) in [7, 11) is 0. The maximum atomic E-state index is 10.8. The van der Waals surface area contributed by atoms with Gasteiger partial charge in [0.2, 0.25) is 0 Å². The first-order chi connectivity index (χ1) is 16.2. The van der Waals surface area contributed by atoms with Crippen molar-refractivity contribution in [2.75, 3.05) is 0 Å². The van der Waals surface area contributed by atoms with E-state index >= 15 is 0 Å². The molecule has 0 amide bonds. The van der Waals surface area contributed by atoms with Crippen molar-refractivity contribution in [2.24, 2.45) is 0 Å². The Labute approximate surface area is 209 Å². The molecule has 2 heteroatoms. The number of hydrogen-bond donors (Lipinski definition) is 2. The molecule has 0 fully saturated rings. The van der Waals surface area contributed by atoms with Gasteiger partial charge in [-0.05, 0) is 107 Å². The van der Waals surface area contributed by atoms with Crippen LogP contribution in [0.25, 0.3) is 11.1 Å². The van der Waals surface area contributed by atoms with Gasteiger partial charge in [-0.25, -0.2) is 0 Å². The fraction of sp³-hybridized carbons (Fsp3) is 0.625. The lowest BCUT2D eigenvalue weighted by molar-refractivity contribution is 0.470. The minimum Gasteiger partial charge on any atom is -0.508 e. The van der Waals surface area contributed by atoms with Gasteiger partial charge in [0.1, 0.15) is 11.5 Å². The molecule has 0 heterocycles. The first-order valence-corrected chi connectivity index (χ1v) is 13.9. The van der Waals surface area contributed by atoms with Crippen molar-refractivity contribution < 1.29 is 10.2 Å². The zero-order chi connectivity index (χ0) is 25.4. The van der Waals surface area contributed by atoms with Gasteiger partial charge in [-0.3, -0.25) is 0 Å². The fourth-order valence-corrected chi connectivity index (χ4v) is 5.83. The van der Waals surface area contributed by atoms with Gasteiger partial charge in [-0.15, -0.1) is 0 Å². The van der Waals surface area contributed by atoms with Crippen molar-refractivity contribution in [3.05, 3.63) is 46.5 Å². The Hall–Kier alpha value is -1.96. The van der Waals surface area contributed by atoms with Gasteiger partial charge in [-0.2, -0.15) is 0 Å². The lowest BCUT2D eigenvalue weighted by Crippen LogP contribution is -2.10. The van der Waals surface area contributed by atoms with Gasteiger partial charge in [0.05, 0.1) is 0 Å². The zero-order valence-corrected chi connectivity index (χ0v) is 23.2. The quantitative estimate of drug-likeness (QED) is 0.308. The van der Waals surface area contributed by atoms with E-state index < -0.39 is 0 Å². The smallest absolute Gasteiger partial charge is 0.116 e. The molecule has 34 heavy (non-hydrogen) atoms. The number of phenolic OH excluding ortho intramolecular Hbond substituents is 2. The van der Waals surface area contributed by atoms with Crippen LogP contribution in [0.2, 0.25) is 0 Å². The molecular formula is C32H50O2. The van der Waals surface area contributed by atoms with Crippen LogP contribution < -0.4 is 0 Å². The van der Waals surface area contributed by atoms with E-state index in [9.17, 15) is 10.2 Å². The van der Waals surface area contributed by atoms with E-state index in [1.54, 1.807) is 0 Å². The number of rotatable bonds is 13. The lowest BCUT2D eigenvalue weighted by atomic mass is 9.75. The first-order valence-electron chi connectivity index (χ1n) is 13.9. The summed E-state index contributed by atoms with van der Waals surface area (Å²) >= 11 is 0. The summed E-state index contributed by atoms with van der Waals surface area (Å²) in [4.78, 5) is 0. The Kier molecular flexibility index (Phi) is 11.0. The molecule has 4 atom stereocenters. The Bertz CT molecular complexity index is 772. The van der Waals surface area contributed by atoms with Gasteiger partial charge >= 0.3 is 0 Å². The highest BCUT2D eigenvalue weighted by Gasteiger charge is 2.27. The second-order valence-electron chi connectivity index (χ2n) is 10.8. The van der Waals surface area contributed by atoms with Crippen molar-refractivity contribution in [3.63, 3.8) is 0 Å². The van der Waals surface area contributed by atoms with Crippen molar-refractivity contribution in [2.45, 2.75) is 130 Å². The van der Waals surface area contributed by atoms with Crippen LogP contribution in [-0.2, 0) is 0 Å². The molecule has 2 rings (SSSR count). The summed E-state index contributed by atoms with van der Waals surface area (Å²) in [6.45, 7) is 18.2. The average Bonchev–Trinajstić information content (AvgIpc) is 2.78. The van der Waals surface area contributed by atoms with E-state index in [4.69, 9.17) is 0 Å².